The Morgan fingerprint density at radius 2 is 1.59 bits per heavy atom. The van der Waals surface area contributed by atoms with Crippen molar-refractivity contribution < 1.29 is 116 Å². The van der Waals surface area contributed by atoms with Crippen LogP contribution in [0.2, 0.25) is 0 Å². The van der Waals surface area contributed by atoms with Crippen LogP contribution in [0.25, 0.3) is 0 Å². The van der Waals surface area contributed by atoms with E-state index in [0.29, 0.717) is 60.6 Å². The number of carboxylic acid groups (broad SMARTS) is 1. The number of esters is 1. The number of thioether (sulfide) groups is 1. The SMILES string of the molecule is CCN[C@H]1CO[C@@H](O[C@H]2[C@H](O[C@H]3C#C/C=C\C#C[C@]4(O)CC(=O)C(CC(=O)OC)=C3/C4=C\CSSC(C)(C)CCC(=O)CCCCC[C@H](N)C(=O)O)O[C@H](C)[C@@H](NO[C@H]3C[C@H](O)[C@H](SC(=O)c4c(C)c(I)c(O[C@@H]5O[C@@H](C)[C@H](O)[C@@H](OC)[C@H]5O)c(OC)c4OC)[C@@H](C)O3)[C@H]2O)C[C@@H]1OC. The maximum absolute atomic E-state index is 14.5. The van der Waals surface area contributed by atoms with Crippen LogP contribution in [0.3, 0.4) is 0 Å². The molecule has 31 heteroatoms. The maximum Gasteiger partial charge on any atom is 0.320 e. The first-order valence-electron chi connectivity index (χ1n) is 32.9. The predicted octanol–water partition coefficient (Wildman–Crippen LogP) is 4.66. The molecule has 0 unspecified atom stereocenters. The highest BCUT2D eigenvalue weighted by Gasteiger charge is 2.52. The third kappa shape index (κ3) is 21.1. The second kappa shape index (κ2) is 38.1. The lowest BCUT2D eigenvalue weighted by Gasteiger charge is -2.46. The first kappa shape index (κ1) is 82.3. The molecule has 552 valence electrons. The van der Waals surface area contributed by atoms with Crippen LogP contribution >= 0.6 is 55.9 Å². The lowest BCUT2D eigenvalue weighted by molar-refractivity contribution is -0.336. The summed E-state index contributed by atoms with van der Waals surface area (Å²) in [6.07, 6.45) is -10.3. The zero-order chi connectivity index (χ0) is 72.6. The van der Waals surface area contributed by atoms with E-state index in [0.717, 1.165) is 11.8 Å². The van der Waals surface area contributed by atoms with Crippen molar-refractivity contribution in [2.24, 2.45) is 5.73 Å². The van der Waals surface area contributed by atoms with Crippen molar-refractivity contribution in [2.45, 2.75) is 245 Å². The fourth-order valence-corrected chi connectivity index (χ4v) is 16.6. The van der Waals surface area contributed by atoms with Gasteiger partial charge >= 0.3 is 11.9 Å². The average Bonchev–Trinajstić information content (AvgIpc) is 0.760. The first-order chi connectivity index (χ1) is 47.0. The zero-order valence-electron chi connectivity index (χ0n) is 57.8. The van der Waals surface area contributed by atoms with Gasteiger partial charge in [-0.3, -0.25) is 28.8 Å². The van der Waals surface area contributed by atoms with Crippen LogP contribution < -0.4 is 30.7 Å². The summed E-state index contributed by atoms with van der Waals surface area (Å²) in [5, 5.41) is 69.9. The minimum atomic E-state index is -2.12. The molecule has 4 fully saturated rings. The van der Waals surface area contributed by atoms with Gasteiger partial charge in [-0.2, -0.15) is 5.48 Å². The summed E-state index contributed by atoms with van der Waals surface area (Å²) >= 11 is 2.81. The third-order valence-electron chi connectivity index (χ3n) is 18.0. The number of carbonyl (C=O) groups is 5. The highest BCUT2D eigenvalue weighted by atomic mass is 127. The monoisotopic (exact) mass is 1560 g/mol. The molecule has 10 N–H and O–H groups in total. The molecule has 0 amide bonds. The number of hydrogen-bond acceptors (Lipinski definition) is 29. The Balaban J connectivity index is 1.10. The number of hydrogen-bond donors (Lipinski definition) is 9. The van der Waals surface area contributed by atoms with Crippen molar-refractivity contribution >= 4 is 84.6 Å². The predicted molar refractivity (Wildman–Crippen MR) is 374 cm³/mol. The first-order valence-corrected chi connectivity index (χ1v) is 37.2. The van der Waals surface area contributed by atoms with Crippen molar-refractivity contribution in [2.75, 3.05) is 54.5 Å². The molecule has 4 heterocycles. The number of fused-ring (bicyclic) bond motifs is 2. The number of allylic oxidation sites excluding steroid dienone is 2. The number of ether oxygens (including phenoxy) is 12. The van der Waals surface area contributed by atoms with E-state index in [1.807, 2.05) is 43.4 Å². The number of nitrogens with two attached hydrogens (primary N) is 1. The second-order valence-corrected chi connectivity index (χ2v) is 30.8. The molecule has 0 spiro atoms. The number of unbranched alkanes of at least 4 members (excludes halogenated alkanes) is 2. The molecule has 6 aliphatic rings. The molecule has 20 atom stereocenters. The van der Waals surface area contributed by atoms with E-state index >= 15 is 0 Å². The molecule has 27 nitrogen and oxygen atoms in total. The number of methoxy groups -OCH3 is 5. The average molecular weight is 1560 g/mol. The van der Waals surface area contributed by atoms with Crippen LogP contribution in [0.4, 0.5) is 0 Å². The number of ketones is 2. The van der Waals surface area contributed by atoms with Gasteiger partial charge in [-0.1, -0.05) is 82.9 Å². The number of halogens is 1. The van der Waals surface area contributed by atoms with Crippen molar-refractivity contribution in [3.8, 4) is 40.9 Å². The van der Waals surface area contributed by atoms with Crippen LogP contribution in [-0.4, -0.2) is 240 Å². The van der Waals surface area contributed by atoms with E-state index in [1.165, 1.54) is 62.2 Å². The number of carboxylic acids is 1. The van der Waals surface area contributed by atoms with Crippen LogP contribution in [0.5, 0.6) is 17.2 Å². The molecular formula is C68H96IN3O24S3. The second-order valence-electron chi connectivity index (χ2n) is 25.5. The third-order valence-corrected chi connectivity index (χ3v) is 23.9. The summed E-state index contributed by atoms with van der Waals surface area (Å²) in [5.41, 5.74) is 7.07. The maximum atomic E-state index is 14.5. The highest BCUT2D eigenvalue weighted by Crippen LogP contribution is 2.50. The van der Waals surface area contributed by atoms with Gasteiger partial charge in [0.05, 0.1) is 97.8 Å². The summed E-state index contributed by atoms with van der Waals surface area (Å²) in [4.78, 5) is 72.5. The normalized spacial score (nSPS) is 32.8. The lowest BCUT2D eigenvalue weighted by Crippen LogP contribution is -2.65. The van der Waals surface area contributed by atoms with E-state index in [9.17, 15) is 49.5 Å². The van der Waals surface area contributed by atoms with Gasteiger partial charge in [0.15, 0.2) is 41.8 Å². The minimum absolute atomic E-state index is 0.0140. The molecule has 1 aromatic rings. The van der Waals surface area contributed by atoms with Crippen molar-refractivity contribution in [1.29, 1.82) is 0 Å². The van der Waals surface area contributed by atoms with Gasteiger partial charge in [0, 0.05) is 67.1 Å². The fraction of sp³-hybridized carbons (Fsp3) is 0.691. The number of rotatable bonds is 33. The number of Topliss-reactive ketones (excluding diaryl/α,β-unsaturated/α-hetero) is 2. The van der Waals surface area contributed by atoms with Gasteiger partial charge < -0.3 is 98.5 Å². The summed E-state index contributed by atoms with van der Waals surface area (Å²) in [6.45, 7) is 13.4. The van der Waals surface area contributed by atoms with E-state index < -0.39 is 156 Å². The molecule has 99 heavy (non-hydrogen) atoms. The minimum Gasteiger partial charge on any atom is -0.492 e. The highest BCUT2D eigenvalue weighted by molar-refractivity contribution is 14.1. The summed E-state index contributed by atoms with van der Waals surface area (Å²) in [5.74, 6) is 9.68. The van der Waals surface area contributed by atoms with Crippen molar-refractivity contribution in [3.05, 3.63) is 49.6 Å². The summed E-state index contributed by atoms with van der Waals surface area (Å²) < 4.78 is 72.8. The van der Waals surface area contributed by atoms with Gasteiger partial charge in [0.2, 0.25) is 17.2 Å². The Bertz CT molecular complexity index is 3200. The van der Waals surface area contributed by atoms with E-state index in [-0.39, 0.29) is 76.6 Å². The van der Waals surface area contributed by atoms with Gasteiger partial charge in [0.25, 0.3) is 0 Å². The number of hydroxylamine groups is 1. The zero-order valence-corrected chi connectivity index (χ0v) is 62.4. The van der Waals surface area contributed by atoms with Crippen molar-refractivity contribution in [3.63, 3.8) is 0 Å². The number of benzene rings is 1. The summed E-state index contributed by atoms with van der Waals surface area (Å²) in [6, 6.07) is -2.26. The molecule has 0 aromatic heterocycles. The molecule has 1 aromatic carbocycles. The topological polar surface area (TPSA) is 377 Å². The smallest absolute Gasteiger partial charge is 0.320 e. The van der Waals surface area contributed by atoms with E-state index in [1.54, 1.807) is 40.9 Å². The molecule has 2 bridgehead atoms. The van der Waals surface area contributed by atoms with Gasteiger partial charge in [-0.25, -0.2) is 0 Å². The van der Waals surface area contributed by atoms with Crippen molar-refractivity contribution in [1.82, 2.24) is 10.8 Å². The largest absolute Gasteiger partial charge is 0.492 e. The Labute approximate surface area is 603 Å². The number of nitrogens with one attached hydrogen (secondary N) is 2. The molecule has 7 rings (SSSR count). The molecule has 0 radical (unpaired) electrons. The van der Waals surface area contributed by atoms with Crippen LogP contribution in [-0.2, 0) is 66.6 Å². The Morgan fingerprint density at radius 3 is 2.25 bits per heavy atom. The van der Waals surface area contributed by atoms with E-state index in [4.69, 9.17) is 72.5 Å². The van der Waals surface area contributed by atoms with Gasteiger partial charge in [-0.15, -0.1) is 0 Å². The molecule has 4 saturated heterocycles. The number of aliphatic hydroxyl groups is 5. The molecule has 2 aliphatic carbocycles. The molecule has 0 saturated carbocycles. The standard InChI is InChI=1S/C68H96IN3O24S3/c1-13-71-42-33-89-48(31-46(42)84-8)94-60-55(78)53(72-96-49-30-43(74)62(37(5)90-49)98-64(82)50-34(2)52(69)58(61(88-12)57(50)86-10)95-65-56(79)59(87-11)54(77)36(4)92-65)35(3)91-66(60)93-45-23-19-14-15-20-26-68(83)32-44(75)39(29-47(76)85-9)51(45)40(68)25-28-97-99-67(6,7)27-24-38(73)21-17-16-18-22-41(70)63(80)81/h14-15,25,35-37,41-43,45-46,48-49,53-56,59-60,62,65-66,71-72,74,77-79,83H,13,16-18,21-22,24,27-33,70H2,1-12H3,(H,80,81)/b15-14-,40-25+/t35-,36+,37-,41+,42+,43+,45+,46+,48+,49+,53-,54+,55-,56-,59-,60-,62-,65+,66+,68+/m1/s1. The van der Waals surface area contributed by atoms with Gasteiger partial charge in [0.1, 0.15) is 48.4 Å². The number of aliphatic hydroxyl groups excluding tert-OH is 4. The summed E-state index contributed by atoms with van der Waals surface area (Å²) in [7, 11) is 9.76. The van der Waals surface area contributed by atoms with Crippen LogP contribution in [0, 0.1) is 34.2 Å². The molecule has 4 aliphatic heterocycles. The number of carbonyl (C=O) groups excluding carboxylic acids is 4. The Hall–Kier alpha value is -3.99. The van der Waals surface area contributed by atoms with Gasteiger partial charge in [-0.05, 0) is 108 Å². The number of aliphatic carboxylic acids is 1. The molecular weight excluding hydrogens is 1470 g/mol. The number of likely N-dealkylation sites (N-methyl/N-ethyl adjacent to an activating group) is 1. The Kier molecular flexibility index (Phi) is 31.7. The quantitative estimate of drug-likeness (QED) is 0.0115. The Morgan fingerprint density at radius 1 is 0.869 bits per heavy atom. The van der Waals surface area contributed by atoms with Crippen LogP contribution in [0.15, 0.2) is 34.9 Å². The van der Waals surface area contributed by atoms with Crippen LogP contribution in [0.1, 0.15) is 128 Å². The fourth-order valence-electron chi connectivity index (χ4n) is 12.4. The lowest BCUT2D eigenvalue weighted by atomic mass is 9.72. The van der Waals surface area contributed by atoms with E-state index in [2.05, 4.69) is 34.5 Å².